The minimum atomic E-state index is -0.155. The van der Waals surface area contributed by atoms with E-state index in [0.717, 1.165) is 5.57 Å². The number of allylic oxidation sites excluding steroid dienone is 6. The van der Waals surface area contributed by atoms with E-state index in [2.05, 4.69) is 0 Å². The highest BCUT2D eigenvalue weighted by atomic mass is 16.5. The highest BCUT2D eigenvalue weighted by molar-refractivity contribution is 5.65. The molecule has 0 fully saturated rings. The molecule has 1 atom stereocenters. The van der Waals surface area contributed by atoms with Gasteiger partial charge in [0.15, 0.2) is 0 Å². The van der Waals surface area contributed by atoms with Gasteiger partial charge in [-0.15, -0.1) is 0 Å². The summed E-state index contributed by atoms with van der Waals surface area (Å²) in [6.45, 7) is 2.36. The number of fused-ring (bicyclic) bond motifs is 1. The fraction of sp³-hybridized carbons (Fsp3) is 0.182. The van der Waals surface area contributed by atoms with Gasteiger partial charge in [0.2, 0.25) is 0 Å². The molecular formula is C11H10O2. The first-order valence-electron chi connectivity index (χ1n) is 4.23. The van der Waals surface area contributed by atoms with Crippen LogP contribution in [0.4, 0.5) is 0 Å². The Kier molecular flexibility index (Phi) is 1.89. The van der Waals surface area contributed by atoms with Crippen molar-refractivity contribution in [2.75, 3.05) is 0 Å². The van der Waals surface area contributed by atoms with Gasteiger partial charge >= 0.3 is 0 Å². The maximum atomic E-state index is 10.2. The maximum Gasteiger partial charge on any atom is 0.293 e. The van der Waals surface area contributed by atoms with E-state index in [9.17, 15) is 4.79 Å². The van der Waals surface area contributed by atoms with E-state index in [1.807, 2.05) is 37.3 Å². The molecule has 0 aromatic carbocycles. The molecule has 1 unspecified atom stereocenters. The molecule has 0 aromatic heterocycles. The van der Waals surface area contributed by atoms with Gasteiger partial charge < -0.3 is 4.74 Å². The first kappa shape index (κ1) is 8.05. The predicted molar refractivity (Wildman–Crippen MR) is 50.0 cm³/mol. The predicted octanol–water partition coefficient (Wildman–Crippen LogP) is 1.91. The van der Waals surface area contributed by atoms with Crippen molar-refractivity contribution in [1.29, 1.82) is 0 Å². The summed E-state index contributed by atoms with van der Waals surface area (Å²) in [5.41, 5.74) is 3.46. The molecule has 2 aliphatic rings. The Morgan fingerprint density at radius 3 is 3.00 bits per heavy atom. The van der Waals surface area contributed by atoms with E-state index in [0.29, 0.717) is 6.47 Å². The number of carbonyl (C=O) groups is 1. The quantitative estimate of drug-likeness (QED) is 0.611. The molecule has 0 N–H and O–H groups in total. The summed E-state index contributed by atoms with van der Waals surface area (Å²) in [6.07, 6.45) is 9.97. The van der Waals surface area contributed by atoms with Gasteiger partial charge in [-0.25, -0.2) is 0 Å². The monoisotopic (exact) mass is 174 g/mol. The number of rotatable bonds is 3. The van der Waals surface area contributed by atoms with Crippen LogP contribution in [0.3, 0.4) is 0 Å². The van der Waals surface area contributed by atoms with Crippen LogP contribution >= 0.6 is 0 Å². The van der Waals surface area contributed by atoms with Crippen molar-refractivity contribution in [3.05, 3.63) is 47.1 Å². The zero-order valence-electron chi connectivity index (χ0n) is 7.36. The molecule has 0 spiro atoms. The van der Waals surface area contributed by atoms with Crippen molar-refractivity contribution in [3.63, 3.8) is 0 Å². The highest BCUT2D eigenvalue weighted by Gasteiger charge is 2.21. The highest BCUT2D eigenvalue weighted by Crippen LogP contribution is 2.33. The zero-order chi connectivity index (χ0) is 9.26. The van der Waals surface area contributed by atoms with Crippen LogP contribution in [0.5, 0.6) is 0 Å². The first-order chi connectivity index (χ1) is 6.33. The average molecular weight is 174 g/mol. The Bertz CT molecular complexity index is 356. The summed E-state index contributed by atoms with van der Waals surface area (Å²) >= 11 is 0. The molecule has 0 heterocycles. The fourth-order valence-corrected chi connectivity index (χ4v) is 1.62. The van der Waals surface area contributed by atoms with Gasteiger partial charge in [0.1, 0.15) is 6.10 Å². The molecule has 0 aromatic rings. The number of ether oxygens (including phenoxy) is 1. The third kappa shape index (κ3) is 1.24. The summed E-state index contributed by atoms with van der Waals surface area (Å²) in [4.78, 5) is 10.2. The number of hydrogen-bond donors (Lipinski definition) is 0. The molecule has 0 amide bonds. The van der Waals surface area contributed by atoms with E-state index in [4.69, 9.17) is 4.74 Å². The average Bonchev–Trinajstić information content (AvgIpc) is 2.62. The largest absolute Gasteiger partial charge is 0.460 e. The van der Waals surface area contributed by atoms with E-state index in [-0.39, 0.29) is 6.10 Å². The Balaban J connectivity index is 2.17. The lowest BCUT2D eigenvalue weighted by Gasteiger charge is -2.12. The van der Waals surface area contributed by atoms with E-state index in [1.54, 1.807) is 0 Å². The maximum absolute atomic E-state index is 10.2. The third-order valence-corrected chi connectivity index (χ3v) is 2.30. The van der Waals surface area contributed by atoms with E-state index >= 15 is 0 Å². The van der Waals surface area contributed by atoms with Crippen molar-refractivity contribution < 1.29 is 9.53 Å². The van der Waals surface area contributed by atoms with Crippen LogP contribution in [0, 0.1) is 0 Å². The third-order valence-electron chi connectivity index (χ3n) is 2.30. The van der Waals surface area contributed by atoms with Crippen LogP contribution in [-0.2, 0) is 9.53 Å². The Morgan fingerprint density at radius 1 is 1.38 bits per heavy atom. The van der Waals surface area contributed by atoms with E-state index < -0.39 is 0 Å². The van der Waals surface area contributed by atoms with E-state index in [1.165, 1.54) is 11.1 Å². The summed E-state index contributed by atoms with van der Waals surface area (Å²) in [7, 11) is 0. The second-order valence-electron chi connectivity index (χ2n) is 3.06. The minimum absolute atomic E-state index is 0.155. The summed E-state index contributed by atoms with van der Waals surface area (Å²) in [6, 6.07) is 0. The lowest BCUT2D eigenvalue weighted by Crippen LogP contribution is -2.10. The number of hydrogen-bond acceptors (Lipinski definition) is 2. The minimum Gasteiger partial charge on any atom is -0.460 e. The molecule has 0 radical (unpaired) electrons. The molecule has 2 rings (SSSR count). The molecule has 2 nitrogen and oxygen atoms in total. The molecule has 13 heavy (non-hydrogen) atoms. The second-order valence-corrected chi connectivity index (χ2v) is 3.06. The van der Waals surface area contributed by atoms with Crippen LogP contribution in [0.2, 0.25) is 0 Å². The van der Waals surface area contributed by atoms with Gasteiger partial charge in [-0.3, -0.25) is 4.79 Å². The van der Waals surface area contributed by atoms with Gasteiger partial charge in [-0.2, -0.15) is 0 Å². The molecule has 66 valence electrons. The molecule has 0 saturated heterocycles. The molecule has 0 aliphatic heterocycles. The topological polar surface area (TPSA) is 26.3 Å². The molecular weight excluding hydrogens is 164 g/mol. The number of carbonyl (C=O) groups excluding carboxylic acids is 1. The standard InChI is InChI=1S/C11H10O2/c1-8(13-7-12)10-6-5-9-3-2-4-11(9)10/h2-8H,1H3. The SMILES string of the molecule is CC(OC=O)C1=CC=C2C=CC=C21. The molecule has 2 heteroatoms. The van der Waals surface area contributed by atoms with Gasteiger partial charge in [-0.1, -0.05) is 30.4 Å². The van der Waals surface area contributed by atoms with Crippen LogP contribution < -0.4 is 0 Å². The first-order valence-corrected chi connectivity index (χ1v) is 4.23. The van der Waals surface area contributed by atoms with Crippen molar-refractivity contribution >= 4 is 6.47 Å². The van der Waals surface area contributed by atoms with Crippen molar-refractivity contribution in [3.8, 4) is 0 Å². The van der Waals surface area contributed by atoms with Gasteiger partial charge in [-0.05, 0) is 23.6 Å². The second kappa shape index (κ2) is 3.05. The van der Waals surface area contributed by atoms with Gasteiger partial charge in [0, 0.05) is 0 Å². The van der Waals surface area contributed by atoms with Crippen molar-refractivity contribution in [1.82, 2.24) is 0 Å². The lowest BCUT2D eigenvalue weighted by molar-refractivity contribution is -0.131. The Morgan fingerprint density at radius 2 is 2.23 bits per heavy atom. The van der Waals surface area contributed by atoms with Crippen LogP contribution in [0.25, 0.3) is 0 Å². The summed E-state index contributed by atoms with van der Waals surface area (Å²) in [5, 5.41) is 0. The van der Waals surface area contributed by atoms with Crippen LogP contribution in [0.1, 0.15) is 6.92 Å². The van der Waals surface area contributed by atoms with Crippen molar-refractivity contribution in [2.45, 2.75) is 13.0 Å². The Hall–Kier alpha value is -1.57. The van der Waals surface area contributed by atoms with Crippen molar-refractivity contribution in [2.24, 2.45) is 0 Å². The fourth-order valence-electron chi connectivity index (χ4n) is 1.62. The lowest BCUT2D eigenvalue weighted by atomic mass is 10.0. The normalized spacial score (nSPS) is 20.2. The molecule has 2 aliphatic carbocycles. The smallest absolute Gasteiger partial charge is 0.293 e. The van der Waals surface area contributed by atoms with Crippen LogP contribution in [-0.4, -0.2) is 12.6 Å². The zero-order valence-corrected chi connectivity index (χ0v) is 7.36. The molecule has 0 bridgehead atoms. The summed E-state index contributed by atoms with van der Waals surface area (Å²) in [5.74, 6) is 0. The van der Waals surface area contributed by atoms with Gasteiger partial charge in [0.25, 0.3) is 6.47 Å². The molecule has 0 saturated carbocycles. The van der Waals surface area contributed by atoms with Gasteiger partial charge in [0.05, 0.1) is 0 Å². The Labute approximate surface area is 76.9 Å². The van der Waals surface area contributed by atoms with Crippen LogP contribution in [0.15, 0.2) is 47.1 Å². The summed E-state index contributed by atoms with van der Waals surface area (Å²) < 4.78 is 4.88.